The van der Waals surface area contributed by atoms with Crippen molar-refractivity contribution < 1.29 is 19.3 Å². The fraction of sp³-hybridized carbons (Fsp3) is 0.250. The van der Waals surface area contributed by atoms with E-state index in [0.29, 0.717) is 23.7 Å². The Morgan fingerprint density at radius 1 is 0.950 bits per heavy atom. The summed E-state index contributed by atoms with van der Waals surface area (Å²) >= 11 is 0. The van der Waals surface area contributed by atoms with E-state index in [9.17, 15) is 5.11 Å². The summed E-state index contributed by atoms with van der Waals surface area (Å²) < 4.78 is 16.2. The van der Waals surface area contributed by atoms with Crippen LogP contribution in [0.5, 0.6) is 17.2 Å². The minimum atomic E-state index is -0.0881. The maximum Gasteiger partial charge on any atom is 0.167 e. The number of para-hydroxylation sites is 1. The van der Waals surface area contributed by atoms with Crippen LogP contribution in [0.1, 0.15) is 11.1 Å². The quantitative estimate of drug-likeness (QED) is 0.880. The topological polar surface area (TPSA) is 47.9 Å². The lowest BCUT2D eigenvalue weighted by Gasteiger charge is -2.14. The number of hydrogen-bond donors (Lipinski definition) is 1. The van der Waals surface area contributed by atoms with Crippen molar-refractivity contribution in [2.45, 2.75) is 13.2 Å². The Bertz CT molecular complexity index is 527. The molecule has 106 valence electrons. The average Bonchev–Trinajstić information content (AvgIpc) is 2.52. The standard InChI is InChI=1S/C16H18O4/c1-18-14-8-6-12(7-9-14)11-20-16-13(10-17)4-3-5-15(16)19-2/h3-9,17H,10-11H2,1-2H3. The fourth-order valence-electron chi connectivity index (χ4n) is 1.89. The van der Waals surface area contributed by atoms with E-state index in [1.807, 2.05) is 42.5 Å². The van der Waals surface area contributed by atoms with Crippen molar-refractivity contribution in [3.63, 3.8) is 0 Å². The first-order chi connectivity index (χ1) is 9.78. The summed E-state index contributed by atoms with van der Waals surface area (Å²) in [6.07, 6.45) is 0. The van der Waals surface area contributed by atoms with E-state index in [0.717, 1.165) is 11.3 Å². The highest BCUT2D eigenvalue weighted by atomic mass is 16.5. The van der Waals surface area contributed by atoms with Gasteiger partial charge in [-0.05, 0) is 23.8 Å². The SMILES string of the molecule is COc1ccc(COc2c(CO)cccc2OC)cc1. The van der Waals surface area contributed by atoms with Crippen molar-refractivity contribution in [2.24, 2.45) is 0 Å². The third-order valence-electron chi connectivity index (χ3n) is 2.99. The summed E-state index contributed by atoms with van der Waals surface area (Å²) in [7, 11) is 3.21. The monoisotopic (exact) mass is 274 g/mol. The van der Waals surface area contributed by atoms with Crippen LogP contribution in [0, 0.1) is 0 Å². The van der Waals surface area contributed by atoms with Gasteiger partial charge in [0.15, 0.2) is 11.5 Å². The number of benzene rings is 2. The van der Waals surface area contributed by atoms with Gasteiger partial charge < -0.3 is 19.3 Å². The largest absolute Gasteiger partial charge is 0.497 e. The van der Waals surface area contributed by atoms with Gasteiger partial charge in [-0.2, -0.15) is 0 Å². The van der Waals surface area contributed by atoms with E-state index in [1.54, 1.807) is 14.2 Å². The first-order valence-corrected chi connectivity index (χ1v) is 6.31. The number of ether oxygens (including phenoxy) is 3. The van der Waals surface area contributed by atoms with Gasteiger partial charge in [-0.3, -0.25) is 0 Å². The third kappa shape index (κ3) is 3.22. The zero-order chi connectivity index (χ0) is 14.4. The minimum Gasteiger partial charge on any atom is -0.497 e. The van der Waals surface area contributed by atoms with Crippen molar-refractivity contribution in [1.82, 2.24) is 0 Å². The van der Waals surface area contributed by atoms with Crippen LogP contribution in [0.2, 0.25) is 0 Å². The van der Waals surface area contributed by atoms with Gasteiger partial charge in [0.1, 0.15) is 12.4 Å². The van der Waals surface area contributed by atoms with Crippen LogP contribution in [-0.2, 0) is 13.2 Å². The van der Waals surface area contributed by atoms with E-state index in [2.05, 4.69) is 0 Å². The summed E-state index contributed by atoms with van der Waals surface area (Å²) in [4.78, 5) is 0. The molecule has 0 saturated heterocycles. The number of methoxy groups -OCH3 is 2. The van der Waals surface area contributed by atoms with Crippen molar-refractivity contribution in [2.75, 3.05) is 14.2 Å². The normalized spacial score (nSPS) is 10.2. The van der Waals surface area contributed by atoms with Gasteiger partial charge in [0.2, 0.25) is 0 Å². The predicted octanol–water partition coefficient (Wildman–Crippen LogP) is 2.78. The Morgan fingerprint density at radius 3 is 2.30 bits per heavy atom. The summed E-state index contributed by atoms with van der Waals surface area (Å²) in [5.74, 6) is 2.00. The Balaban J connectivity index is 2.13. The van der Waals surface area contributed by atoms with Crippen molar-refractivity contribution in [3.05, 3.63) is 53.6 Å². The van der Waals surface area contributed by atoms with Gasteiger partial charge in [-0.15, -0.1) is 0 Å². The van der Waals surface area contributed by atoms with Gasteiger partial charge in [0, 0.05) is 5.56 Å². The van der Waals surface area contributed by atoms with Crippen LogP contribution in [0.3, 0.4) is 0 Å². The molecule has 0 atom stereocenters. The Kier molecular flexibility index (Phi) is 4.85. The van der Waals surface area contributed by atoms with Crippen LogP contribution in [0.25, 0.3) is 0 Å². The zero-order valence-electron chi connectivity index (χ0n) is 11.6. The average molecular weight is 274 g/mol. The highest BCUT2D eigenvalue weighted by molar-refractivity contribution is 5.46. The van der Waals surface area contributed by atoms with Gasteiger partial charge in [0.05, 0.1) is 20.8 Å². The second kappa shape index (κ2) is 6.82. The van der Waals surface area contributed by atoms with Crippen LogP contribution >= 0.6 is 0 Å². The molecule has 0 heterocycles. The Morgan fingerprint density at radius 2 is 1.70 bits per heavy atom. The highest BCUT2D eigenvalue weighted by Crippen LogP contribution is 2.31. The lowest BCUT2D eigenvalue weighted by Crippen LogP contribution is -2.01. The van der Waals surface area contributed by atoms with E-state index in [1.165, 1.54) is 0 Å². The Labute approximate surface area is 118 Å². The second-order valence-corrected chi connectivity index (χ2v) is 4.24. The summed E-state index contributed by atoms with van der Waals surface area (Å²) in [6, 6.07) is 13.1. The summed E-state index contributed by atoms with van der Waals surface area (Å²) in [6.45, 7) is 0.312. The molecule has 0 bridgehead atoms. The number of aliphatic hydroxyl groups excluding tert-OH is 1. The molecule has 1 N–H and O–H groups in total. The maximum absolute atomic E-state index is 9.35. The lowest BCUT2D eigenvalue weighted by molar-refractivity contribution is 0.250. The molecule has 0 fully saturated rings. The fourth-order valence-corrected chi connectivity index (χ4v) is 1.89. The molecule has 4 heteroatoms. The molecule has 2 aromatic rings. The summed E-state index contributed by atoms with van der Waals surface area (Å²) in [5.41, 5.74) is 1.72. The Hall–Kier alpha value is -2.20. The first-order valence-electron chi connectivity index (χ1n) is 6.31. The van der Waals surface area contributed by atoms with E-state index in [4.69, 9.17) is 14.2 Å². The van der Waals surface area contributed by atoms with E-state index < -0.39 is 0 Å². The maximum atomic E-state index is 9.35. The molecule has 20 heavy (non-hydrogen) atoms. The molecule has 0 aliphatic rings. The number of rotatable bonds is 6. The molecule has 0 aliphatic carbocycles. The second-order valence-electron chi connectivity index (χ2n) is 4.24. The number of hydrogen-bond acceptors (Lipinski definition) is 4. The molecule has 2 aromatic carbocycles. The van der Waals surface area contributed by atoms with Gasteiger partial charge in [-0.25, -0.2) is 0 Å². The molecule has 0 spiro atoms. The van der Waals surface area contributed by atoms with Crippen molar-refractivity contribution in [3.8, 4) is 17.2 Å². The molecule has 0 amide bonds. The van der Waals surface area contributed by atoms with Crippen LogP contribution in [-0.4, -0.2) is 19.3 Å². The zero-order valence-corrected chi connectivity index (χ0v) is 11.6. The van der Waals surface area contributed by atoms with E-state index >= 15 is 0 Å². The van der Waals surface area contributed by atoms with Gasteiger partial charge in [0.25, 0.3) is 0 Å². The first kappa shape index (κ1) is 14.2. The molecular formula is C16H18O4. The van der Waals surface area contributed by atoms with Gasteiger partial charge in [-0.1, -0.05) is 24.3 Å². The molecule has 0 unspecified atom stereocenters. The third-order valence-corrected chi connectivity index (χ3v) is 2.99. The molecule has 0 aromatic heterocycles. The van der Waals surface area contributed by atoms with Crippen LogP contribution in [0.4, 0.5) is 0 Å². The molecule has 0 saturated carbocycles. The van der Waals surface area contributed by atoms with Gasteiger partial charge >= 0.3 is 0 Å². The predicted molar refractivity (Wildman–Crippen MR) is 76.2 cm³/mol. The van der Waals surface area contributed by atoms with E-state index in [-0.39, 0.29) is 6.61 Å². The smallest absolute Gasteiger partial charge is 0.167 e. The minimum absolute atomic E-state index is 0.0881. The van der Waals surface area contributed by atoms with Crippen LogP contribution in [0.15, 0.2) is 42.5 Å². The highest BCUT2D eigenvalue weighted by Gasteiger charge is 2.10. The molecule has 0 aliphatic heterocycles. The molecule has 2 rings (SSSR count). The van der Waals surface area contributed by atoms with Crippen LogP contribution < -0.4 is 14.2 Å². The van der Waals surface area contributed by atoms with Crippen molar-refractivity contribution >= 4 is 0 Å². The molecular weight excluding hydrogens is 256 g/mol. The molecule has 0 radical (unpaired) electrons. The number of aliphatic hydroxyl groups is 1. The van der Waals surface area contributed by atoms with Crippen molar-refractivity contribution in [1.29, 1.82) is 0 Å². The molecule has 4 nitrogen and oxygen atoms in total. The summed E-state index contributed by atoms with van der Waals surface area (Å²) in [5, 5.41) is 9.35. The lowest BCUT2D eigenvalue weighted by atomic mass is 10.2.